The SMILES string of the molecule is O=C(COc1ccc(F)c(F)c1)c1cccs1. The molecule has 1 aromatic heterocycles. The minimum atomic E-state index is -0.994. The highest BCUT2D eigenvalue weighted by atomic mass is 32.1. The first-order chi connectivity index (χ1) is 8.16. The molecule has 0 aliphatic carbocycles. The molecule has 0 fully saturated rings. The summed E-state index contributed by atoms with van der Waals surface area (Å²) in [6.07, 6.45) is 0. The third-order valence-electron chi connectivity index (χ3n) is 2.06. The molecule has 0 N–H and O–H groups in total. The second kappa shape index (κ2) is 5.05. The first kappa shape index (κ1) is 11.7. The lowest BCUT2D eigenvalue weighted by Crippen LogP contribution is -2.10. The van der Waals surface area contributed by atoms with Crippen LogP contribution in [0, 0.1) is 11.6 Å². The standard InChI is InChI=1S/C12H8F2O2S/c13-9-4-3-8(6-10(9)14)16-7-11(15)12-2-1-5-17-12/h1-6H,7H2. The number of halogens is 2. The number of ether oxygens (including phenoxy) is 1. The number of thiophene rings is 1. The maximum Gasteiger partial charge on any atom is 0.210 e. The van der Waals surface area contributed by atoms with Crippen molar-refractivity contribution < 1.29 is 18.3 Å². The third-order valence-corrected chi connectivity index (χ3v) is 2.97. The Morgan fingerprint density at radius 1 is 1.24 bits per heavy atom. The van der Waals surface area contributed by atoms with E-state index in [2.05, 4.69) is 0 Å². The second-order valence-electron chi connectivity index (χ2n) is 3.27. The summed E-state index contributed by atoms with van der Waals surface area (Å²) in [5.74, 6) is -1.99. The molecule has 0 atom stereocenters. The molecule has 0 unspecified atom stereocenters. The predicted molar refractivity (Wildman–Crippen MR) is 60.5 cm³/mol. The van der Waals surface area contributed by atoms with E-state index >= 15 is 0 Å². The topological polar surface area (TPSA) is 26.3 Å². The number of Topliss-reactive ketones (excluding diaryl/α,β-unsaturated/α-hetero) is 1. The lowest BCUT2D eigenvalue weighted by molar-refractivity contribution is 0.0925. The smallest absolute Gasteiger partial charge is 0.210 e. The highest BCUT2D eigenvalue weighted by molar-refractivity contribution is 7.12. The van der Waals surface area contributed by atoms with Gasteiger partial charge >= 0.3 is 0 Å². The van der Waals surface area contributed by atoms with Crippen molar-refractivity contribution in [2.24, 2.45) is 0 Å². The van der Waals surface area contributed by atoms with Gasteiger partial charge in [-0.2, -0.15) is 0 Å². The van der Waals surface area contributed by atoms with E-state index in [0.29, 0.717) is 4.88 Å². The van der Waals surface area contributed by atoms with Crippen LogP contribution in [-0.2, 0) is 0 Å². The van der Waals surface area contributed by atoms with Gasteiger partial charge in [0.2, 0.25) is 5.78 Å². The molecule has 0 spiro atoms. The molecule has 0 amide bonds. The molecule has 0 saturated carbocycles. The molecule has 2 rings (SSSR count). The molecule has 1 aromatic carbocycles. The summed E-state index contributed by atoms with van der Waals surface area (Å²) in [4.78, 5) is 12.1. The van der Waals surface area contributed by atoms with Gasteiger partial charge in [0.1, 0.15) is 5.75 Å². The van der Waals surface area contributed by atoms with Crippen LogP contribution >= 0.6 is 11.3 Å². The summed E-state index contributed by atoms with van der Waals surface area (Å²) in [7, 11) is 0. The molecule has 88 valence electrons. The summed E-state index contributed by atoms with van der Waals surface area (Å²) in [6.45, 7) is -0.189. The van der Waals surface area contributed by atoms with Crippen molar-refractivity contribution >= 4 is 17.1 Å². The van der Waals surface area contributed by atoms with Gasteiger partial charge in [-0.25, -0.2) is 8.78 Å². The summed E-state index contributed by atoms with van der Waals surface area (Å²) in [5.41, 5.74) is 0. The fourth-order valence-electron chi connectivity index (χ4n) is 1.22. The minimum Gasteiger partial charge on any atom is -0.485 e. The molecule has 0 radical (unpaired) electrons. The summed E-state index contributed by atoms with van der Waals surface area (Å²) in [5, 5.41) is 1.78. The first-order valence-corrected chi connectivity index (χ1v) is 5.69. The Balaban J connectivity index is 1.98. The number of rotatable bonds is 4. The zero-order valence-electron chi connectivity index (χ0n) is 8.65. The molecular formula is C12H8F2O2S. The number of hydrogen-bond donors (Lipinski definition) is 0. The van der Waals surface area contributed by atoms with E-state index in [1.807, 2.05) is 0 Å². The molecule has 2 nitrogen and oxygen atoms in total. The number of benzene rings is 1. The highest BCUT2D eigenvalue weighted by Gasteiger charge is 2.09. The Hall–Kier alpha value is -1.75. The van der Waals surface area contributed by atoms with E-state index in [-0.39, 0.29) is 18.1 Å². The molecule has 0 saturated heterocycles. The van der Waals surface area contributed by atoms with Crippen LogP contribution in [0.1, 0.15) is 9.67 Å². The predicted octanol–water partition coefficient (Wildman–Crippen LogP) is 3.29. The Bertz CT molecular complexity index is 523. The maximum absolute atomic E-state index is 12.8. The van der Waals surface area contributed by atoms with Crippen LogP contribution < -0.4 is 4.74 Å². The molecule has 0 aliphatic rings. The molecule has 0 bridgehead atoms. The van der Waals surface area contributed by atoms with Gasteiger partial charge in [0.25, 0.3) is 0 Å². The van der Waals surface area contributed by atoms with Crippen molar-refractivity contribution in [3.63, 3.8) is 0 Å². The molecule has 17 heavy (non-hydrogen) atoms. The molecule has 2 aromatic rings. The van der Waals surface area contributed by atoms with Crippen LogP contribution in [0.2, 0.25) is 0 Å². The molecule has 1 heterocycles. The van der Waals surface area contributed by atoms with Crippen molar-refractivity contribution in [2.45, 2.75) is 0 Å². The summed E-state index contributed by atoms with van der Waals surface area (Å²) >= 11 is 1.31. The van der Waals surface area contributed by atoms with Gasteiger partial charge < -0.3 is 4.74 Å². The van der Waals surface area contributed by atoms with Gasteiger partial charge in [-0.3, -0.25) is 4.79 Å². The largest absolute Gasteiger partial charge is 0.485 e. The fourth-order valence-corrected chi connectivity index (χ4v) is 1.88. The normalized spacial score (nSPS) is 10.2. The van der Waals surface area contributed by atoms with E-state index in [1.165, 1.54) is 17.4 Å². The Kier molecular flexibility index (Phi) is 3.49. The third kappa shape index (κ3) is 2.88. The molecular weight excluding hydrogens is 246 g/mol. The highest BCUT2D eigenvalue weighted by Crippen LogP contribution is 2.16. The molecule has 5 heteroatoms. The van der Waals surface area contributed by atoms with E-state index in [4.69, 9.17) is 4.74 Å². The van der Waals surface area contributed by atoms with Gasteiger partial charge in [0.15, 0.2) is 18.2 Å². The molecule has 0 aliphatic heterocycles. The Morgan fingerprint density at radius 3 is 2.71 bits per heavy atom. The van der Waals surface area contributed by atoms with Crippen molar-refractivity contribution in [2.75, 3.05) is 6.61 Å². The van der Waals surface area contributed by atoms with E-state index in [9.17, 15) is 13.6 Å². The van der Waals surface area contributed by atoms with Crippen LogP contribution in [0.25, 0.3) is 0 Å². The summed E-state index contributed by atoms with van der Waals surface area (Å²) in [6, 6.07) is 6.59. The monoisotopic (exact) mass is 254 g/mol. The Morgan fingerprint density at radius 2 is 2.06 bits per heavy atom. The van der Waals surface area contributed by atoms with Gasteiger partial charge in [-0.15, -0.1) is 11.3 Å². The van der Waals surface area contributed by atoms with Crippen molar-refractivity contribution in [1.82, 2.24) is 0 Å². The lowest BCUT2D eigenvalue weighted by Gasteiger charge is -2.04. The van der Waals surface area contributed by atoms with Gasteiger partial charge in [-0.1, -0.05) is 6.07 Å². The van der Waals surface area contributed by atoms with Crippen LogP contribution in [0.15, 0.2) is 35.7 Å². The van der Waals surface area contributed by atoms with Crippen LogP contribution in [-0.4, -0.2) is 12.4 Å². The summed E-state index contributed by atoms with van der Waals surface area (Å²) < 4.78 is 30.5. The number of hydrogen-bond acceptors (Lipinski definition) is 3. The minimum absolute atomic E-state index is 0.133. The van der Waals surface area contributed by atoms with E-state index < -0.39 is 11.6 Å². The van der Waals surface area contributed by atoms with E-state index in [1.54, 1.807) is 17.5 Å². The zero-order valence-corrected chi connectivity index (χ0v) is 9.47. The Labute approximate surface area is 100 Å². The average Bonchev–Trinajstić information content (AvgIpc) is 2.84. The quantitative estimate of drug-likeness (QED) is 0.782. The van der Waals surface area contributed by atoms with Crippen LogP contribution in [0.5, 0.6) is 5.75 Å². The maximum atomic E-state index is 12.8. The number of carbonyl (C=O) groups is 1. The van der Waals surface area contributed by atoms with Crippen molar-refractivity contribution in [1.29, 1.82) is 0 Å². The first-order valence-electron chi connectivity index (χ1n) is 4.81. The van der Waals surface area contributed by atoms with Crippen molar-refractivity contribution in [3.8, 4) is 5.75 Å². The van der Waals surface area contributed by atoms with Crippen LogP contribution in [0.3, 0.4) is 0 Å². The number of carbonyl (C=O) groups excluding carboxylic acids is 1. The van der Waals surface area contributed by atoms with Crippen molar-refractivity contribution in [3.05, 3.63) is 52.2 Å². The van der Waals surface area contributed by atoms with E-state index in [0.717, 1.165) is 12.1 Å². The van der Waals surface area contributed by atoms with Gasteiger partial charge in [0.05, 0.1) is 4.88 Å². The number of ketones is 1. The fraction of sp³-hybridized carbons (Fsp3) is 0.0833. The van der Waals surface area contributed by atoms with Gasteiger partial charge in [-0.05, 0) is 23.6 Å². The lowest BCUT2D eigenvalue weighted by atomic mass is 10.3. The average molecular weight is 254 g/mol. The van der Waals surface area contributed by atoms with Gasteiger partial charge in [0, 0.05) is 6.07 Å². The van der Waals surface area contributed by atoms with Crippen LogP contribution in [0.4, 0.5) is 8.78 Å². The second-order valence-corrected chi connectivity index (χ2v) is 4.21. The zero-order chi connectivity index (χ0) is 12.3.